The highest BCUT2D eigenvalue weighted by atomic mass is 32.1. The van der Waals surface area contributed by atoms with E-state index in [1.165, 1.54) is 4.88 Å². The molecule has 0 saturated carbocycles. The Kier molecular flexibility index (Phi) is 5.68. The number of aryl methyl sites for hydroxylation is 2. The van der Waals surface area contributed by atoms with Crippen molar-refractivity contribution in [3.63, 3.8) is 0 Å². The van der Waals surface area contributed by atoms with E-state index in [1.54, 1.807) is 18.4 Å². The summed E-state index contributed by atoms with van der Waals surface area (Å²) in [5, 5.41) is 3.98. The molecule has 0 aliphatic rings. The summed E-state index contributed by atoms with van der Waals surface area (Å²) in [6, 6.07) is 15.5. The summed E-state index contributed by atoms with van der Waals surface area (Å²) in [4.78, 5) is 18.1. The lowest BCUT2D eigenvalue weighted by Crippen LogP contribution is -2.25. The minimum absolute atomic E-state index is 0.0359. The van der Waals surface area contributed by atoms with Crippen LogP contribution < -0.4 is 10.1 Å². The third kappa shape index (κ3) is 4.29. The van der Waals surface area contributed by atoms with Crippen LogP contribution in [0.1, 0.15) is 26.5 Å². The number of benzene rings is 2. The molecule has 0 unspecified atom stereocenters. The SMILES string of the molecule is COc1ccc(-c2nc(C)c(CCNC(=O)c3cccc(C)c3)s2)cc1. The Bertz CT molecular complexity index is 901. The molecule has 1 amide bonds. The number of ether oxygens (including phenoxy) is 1. The number of amides is 1. The molecule has 5 heteroatoms. The maximum Gasteiger partial charge on any atom is 0.251 e. The van der Waals surface area contributed by atoms with Gasteiger partial charge in [-0.3, -0.25) is 4.79 Å². The minimum atomic E-state index is -0.0359. The molecule has 3 aromatic rings. The number of methoxy groups -OCH3 is 1. The molecule has 0 aliphatic carbocycles. The molecule has 4 nitrogen and oxygen atoms in total. The van der Waals surface area contributed by atoms with Gasteiger partial charge in [-0.1, -0.05) is 17.7 Å². The van der Waals surface area contributed by atoms with Crippen LogP contribution in [0.3, 0.4) is 0 Å². The van der Waals surface area contributed by atoms with Crippen molar-refractivity contribution in [2.24, 2.45) is 0 Å². The van der Waals surface area contributed by atoms with Gasteiger partial charge in [-0.2, -0.15) is 0 Å². The van der Waals surface area contributed by atoms with Crippen LogP contribution in [-0.2, 0) is 6.42 Å². The summed E-state index contributed by atoms with van der Waals surface area (Å²) in [5.74, 6) is 0.798. The number of hydrogen-bond acceptors (Lipinski definition) is 4. The molecule has 3 rings (SSSR count). The highest BCUT2D eigenvalue weighted by Crippen LogP contribution is 2.29. The smallest absolute Gasteiger partial charge is 0.251 e. The highest BCUT2D eigenvalue weighted by Gasteiger charge is 2.11. The number of nitrogens with zero attached hydrogens (tertiary/aromatic N) is 1. The van der Waals surface area contributed by atoms with Crippen LogP contribution in [0.25, 0.3) is 10.6 Å². The van der Waals surface area contributed by atoms with Gasteiger partial charge in [-0.25, -0.2) is 4.98 Å². The van der Waals surface area contributed by atoms with Crippen molar-refractivity contribution in [3.05, 3.63) is 70.2 Å². The number of nitrogens with one attached hydrogen (secondary N) is 1. The molecule has 0 saturated heterocycles. The fraction of sp³-hybridized carbons (Fsp3) is 0.238. The van der Waals surface area contributed by atoms with Crippen LogP contribution >= 0.6 is 11.3 Å². The number of rotatable bonds is 6. The molecule has 0 radical (unpaired) electrons. The average Bonchev–Trinajstić information content (AvgIpc) is 3.02. The van der Waals surface area contributed by atoms with Gasteiger partial charge in [0.1, 0.15) is 10.8 Å². The number of carbonyl (C=O) groups is 1. The first-order chi connectivity index (χ1) is 12.6. The molecule has 0 atom stereocenters. The predicted molar refractivity (Wildman–Crippen MR) is 106 cm³/mol. The van der Waals surface area contributed by atoms with Gasteiger partial charge >= 0.3 is 0 Å². The summed E-state index contributed by atoms with van der Waals surface area (Å²) < 4.78 is 5.20. The van der Waals surface area contributed by atoms with Crippen LogP contribution in [0.15, 0.2) is 48.5 Å². The molecule has 0 aliphatic heterocycles. The topological polar surface area (TPSA) is 51.2 Å². The van der Waals surface area contributed by atoms with E-state index in [4.69, 9.17) is 4.74 Å². The van der Waals surface area contributed by atoms with E-state index in [1.807, 2.05) is 62.4 Å². The molecule has 26 heavy (non-hydrogen) atoms. The Morgan fingerprint density at radius 1 is 1.15 bits per heavy atom. The lowest BCUT2D eigenvalue weighted by molar-refractivity contribution is 0.0954. The van der Waals surface area contributed by atoms with Crippen molar-refractivity contribution < 1.29 is 9.53 Å². The summed E-state index contributed by atoms with van der Waals surface area (Å²) in [7, 11) is 1.66. The van der Waals surface area contributed by atoms with Gasteiger partial charge in [0.2, 0.25) is 0 Å². The molecule has 1 aromatic heterocycles. The third-order valence-electron chi connectivity index (χ3n) is 4.15. The summed E-state index contributed by atoms with van der Waals surface area (Å²) >= 11 is 1.67. The monoisotopic (exact) mass is 366 g/mol. The van der Waals surface area contributed by atoms with E-state index in [2.05, 4.69) is 10.3 Å². The Morgan fingerprint density at radius 3 is 2.62 bits per heavy atom. The lowest BCUT2D eigenvalue weighted by atomic mass is 10.1. The lowest BCUT2D eigenvalue weighted by Gasteiger charge is -2.05. The van der Waals surface area contributed by atoms with Crippen molar-refractivity contribution in [2.45, 2.75) is 20.3 Å². The maximum atomic E-state index is 12.2. The number of thiazole rings is 1. The van der Waals surface area contributed by atoms with E-state index in [9.17, 15) is 4.79 Å². The Labute approximate surface area is 157 Å². The van der Waals surface area contributed by atoms with Crippen LogP contribution in [0.4, 0.5) is 0 Å². The molecule has 1 N–H and O–H groups in total. The summed E-state index contributed by atoms with van der Waals surface area (Å²) in [5.41, 5.74) is 3.88. The molecular formula is C21H22N2O2S. The zero-order valence-electron chi connectivity index (χ0n) is 15.2. The van der Waals surface area contributed by atoms with E-state index in [0.29, 0.717) is 12.1 Å². The van der Waals surface area contributed by atoms with Gasteiger partial charge in [0.05, 0.1) is 12.8 Å². The Morgan fingerprint density at radius 2 is 1.92 bits per heavy atom. The number of hydrogen-bond donors (Lipinski definition) is 1. The molecule has 2 aromatic carbocycles. The van der Waals surface area contributed by atoms with Crippen molar-refractivity contribution in [2.75, 3.05) is 13.7 Å². The summed E-state index contributed by atoms with van der Waals surface area (Å²) in [6.07, 6.45) is 0.775. The van der Waals surface area contributed by atoms with Gasteiger partial charge in [0, 0.05) is 29.0 Å². The predicted octanol–water partition coefficient (Wildman–Crippen LogP) is 4.41. The fourth-order valence-electron chi connectivity index (χ4n) is 2.69. The highest BCUT2D eigenvalue weighted by molar-refractivity contribution is 7.15. The van der Waals surface area contributed by atoms with Crippen molar-refractivity contribution in [1.82, 2.24) is 10.3 Å². The zero-order chi connectivity index (χ0) is 18.5. The fourth-order valence-corrected chi connectivity index (χ4v) is 3.76. The standard InChI is InChI=1S/C21H22N2O2S/c1-14-5-4-6-17(13-14)20(24)22-12-11-19-15(2)23-21(26-19)16-7-9-18(25-3)10-8-16/h4-10,13H,11-12H2,1-3H3,(H,22,24). The first-order valence-electron chi connectivity index (χ1n) is 8.52. The van der Waals surface area contributed by atoms with E-state index >= 15 is 0 Å². The van der Waals surface area contributed by atoms with Gasteiger partial charge < -0.3 is 10.1 Å². The van der Waals surface area contributed by atoms with Gasteiger partial charge in [0.25, 0.3) is 5.91 Å². The van der Waals surface area contributed by atoms with E-state index < -0.39 is 0 Å². The van der Waals surface area contributed by atoms with Crippen LogP contribution in [0, 0.1) is 13.8 Å². The molecule has 1 heterocycles. The normalized spacial score (nSPS) is 10.6. The Hall–Kier alpha value is -2.66. The quantitative estimate of drug-likeness (QED) is 0.703. The zero-order valence-corrected chi connectivity index (χ0v) is 16.0. The average molecular weight is 366 g/mol. The van der Waals surface area contributed by atoms with Gasteiger partial charge in [-0.15, -0.1) is 11.3 Å². The number of aromatic nitrogens is 1. The second-order valence-corrected chi connectivity index (χ2v) is 7.22. The van der Waals surface area contributed by atoms with Gasteiger partial charge in [0.15, 0.2) is 0 Å². The summed E-state index contributed by atoms with van der Waals surface area (Å²) in [6.45, 7) is 4.59. The second-order valence-electron chi connectivity index (χ2n) is 6.13. The first kappa shape index (κ1) is 18.1. The molecule has 134 valence electrons. The van der Waals surface area contributed by atoms with Gasteiger partial charge in [-0.05, 0) is 50.2 Å². The molecule has 0 bridgehead atoms. The van der Waals surface area contributed by atoms with Crippen LogP contribution in [-0.4, -0.2) is 24.5 Å². The van der Waals surface area contributed by atoms with Crippen LogP contribution in [0.5, 0.6) is 5.75 Å². The van der Waals surface area contributed by atoms with Crippen molar-refractivity contribution >= 4 is 17.2 Å². The minimum Gasteiger partial charge on any atom is -0.497 e. The van der Waals surface area contributed by atoms with Crippen molar-refractivity contribution in [3.8, 4) is 16.3 Å². The number of carbonyl (C=O) groups excluding carboxylic acids is 1. The van der Waals surface area contributed by atoms with E-state index in [-0.39, 0.29) is 5.91 Å². The second kappa shape index (κ2) is 8.15. The third-order valence-corrected chi connectivity index (χ3v) is 5.41. The first-order valence-corrected chi connectivity index (χ1v) is 9.34. The van der Waals surface area contributed by atoms with Crippen LogP contribution in [0.2, 0.25) is 0 Å². The molecule has 0 fully saturated rings. The van der Waals surface area contributed by atoms with E-state index in [0.717, 1.165) is 34.0 Å². The Balaban J connectivity index is 1.61. The molecular weight excluding hydrogens is 344 g/mol. The molecule has 0 spiro atoms. The largest absolute Gasteiger partial charge is 0.497 e. The van der Waals surface area contributed by atoms with Crippen molar-refractivity contribution in [1.29, 1.82) is 0 Å². The maximum absolute atomic E-state index is 12.2.